The van der Waals surface area contributed by atoms with Crippen LogP contribution in [0.3, 0.4) is 0 Å². The Morgan fingerprint density at radius 2 is 2.21 bits per heavy atom. The van der Waals surface area contributed by atoms with Crippen LogP contribution in [0.5, 0.6) is 5.75 Å². The lowest BCUT2D eigenvalue weighted by Gasteiger charge is -2.12. The molecule has 0 aliphatic carbocycles. The zero-order valence-electron chi connectivity index (χ0n) is 11.2. The average molecular weight is 280 g/mol. The molecular formula is C14H18ClN3O. The quantitative estimate of drug-likeness (QED) is 0.884. The van der Waals surface area contributed by atoms with Crippen molar-refractivity contribution >= 4 is 11.6 Å². The third-order valence-electron chi connectivity index (χ3n) is 2.77. The fourth-order valence-electron chi connectivity index (χ4n) is 1.79. The molecule has 1 aromatic carbocycles. The van der Waals surface area contributed by atoms with Crippen molar-refractivity contribution in [3.8, 4) is 5.75 Å². The molecular weight excluding hydrogens is 262 g/mol. The summed E-state index contributed by atoms with van der Waals surface area (Å²) in [4.78, 5) is 0. The van der Waals surface area contributed by atoms with Crippen molar-refractivity contribution < 1.29 is 4.74 Å². The molecule has 102 valence electrons. The van der Waals surface area contributed by atoms with Crippen LogP contribution in [0.1, 0.15) is 18.2 Å². The minimum Gasteiger partial charge on any atom is -0.487 e. The Hall–Kier alpha value is -1.52. The van der Waals surface area contributed by atoms with E-state index in [1.54, 1.807) is 4.68 Å². The Kier molecular flexibility index (Phi) is 4.82. The van der Waals surface area contributed by atoms with E-state index in [9.17, 15) is 0 Å². The van der Waals surface area contributed by atoms with E-state index in [4.69, 9.17) is 16.3 Å². The first-order valence-corrected chi connectivity index (χ1v) is 6.68. The number of hydrogen-bond donors (Lipinski definition) is 1. The lowest BCUT2D eigenvalue weighted by atomic mass is 10.2. The maximum Gasteiger partial charge on any atom is 0.132 e. The van der Waals surface area contributed by atoms with Gasteiger partial charge >= 0.3 is 0 Å². The second-order valence-electron chi connectivity index (χ2n) is 4.27. The second kappa shape index (κ2) is 6.59. The van der Waals surface area contributed by atoms with Crippen molar-refractivity contribution in [3.63, 3.8) is 0 Å². The number of aryl methyl sites for hydroxylation is 1. The van der Waals surface area contributed by atoms with Gasteiger partial charge in [-0.25, -0.2) is 0 Å². The third kappa shape index (κ3) is 3.72. The number of halogens is 1. The monoisotopic (exact) mass is 279 g/mol. The number of aromatic nitrogens is 2. The van der Waals surface area contributed by atoms with Crippen LogP contribution in [0.15, 0.2) is 30.5 Å². The van der Waals surface area contributed by atoms with Crippen molar-refractivity contribution in [3.05, 3.63) is 46.7 Å². The molecule has 0 saturated heterocycles. The van der Waals surface area contributed by atoms with Crippen molar-refractivity contribution in [2.24, 2.45) is 7.05 Å². The SMILES string of the molecule is CCNCc1c(Cl)cccc1OCc1ccn(C)n1. The van der Waals surface area contributed by atoms with Gasteiger partial charge in [0, 0.05) is 30.4 Å². The lowest BCUT2D eigenvalue weighted by molar-refractivity contribution is 0.296. The van der Waals surface area contributed by atoms with E-state index < -0.39 is 0 Å². The van der Waals surface area contributed by atoms with Gasteiger partial charge in [-0.15, -0.1) is 0 Å². The molecule has 0 bridgehead atoms. The van der Waals surface area contributed by atoms with Gasteiger partial charge in [0.1, 0.15) is 12.4 Å². The smallest absolute Gasteiger partial charge is 0.132 e. The Morgan fingerprint density at radius 3 is 2.89 bits per heavy atom. The van der Waals surface area contributed by atoms with Crippen LogP contribution in [-0.4, -0.2) is 16.3 Å². The van der Waals surface area contributed by atoms with Crippen LogP contribution in [0, 0.1) is 0 Å². The van der Waals surface area contributed by atoms with Crippen LogP contribution in [0.25, 0.3) is 0 Å². The molecule has 0 fully saturated rings. The molecule has 4 nitrogen and oxygen atoms in total. The highest BCUT2D eigenvalue weighted by atomic mass is 35.5. The van der Waals surface area contributed by atoms with Gasteiger partial charge in [-0.2, -0.15) is 5.10 Å². The van der Waals surface area contributed by atoms with Gasteiger partial charge in [-0.1, -0.05) is 24.6 Å². The van der Waals surface area contributed by atoms with Crippen LogP contribution in [-0.2, 0) is 20.2 Å². The molecule has 0 unspecified atom stereocenters. The van der Waals surface area contributed by atoms with E-state index in [1.807, 2.05) is 37.5 Å². The highest BCUT2D eigenvalue weighted by Crippen LogP contribution is 2.26. The molecule has 0 atom stereocenters. The first-order valence-electron chi connectivity index (χ1n) is 6.30. The largest absolute Gasteiger partial charge is 0.487 e. The van der Waals surface area contributed by atoms with Gasteiger partial charge in [-0.05, 0) is 24.7 Å². The summed E-state index contributed by atoms with van der Waals surface area (Å²) in [7, 11) is 1.89. The normalized spacial score (nSPS) is 10.7. The highest BCUT2D eigenvalue weighted by Gasteiger charge is 2.08. The summed E-state index contributed by atoms with van der Waals surface area (Å²) in [6.07, 6.45) is 1.90. The number of rotatable bonds is 6. The average Bonchev–Trinajstić information content (AvgIpc) is 2.81. The summed E-state index contributed by atoms with van der Waals surface area (Å²) in [5.74, 6) is 0.805. The first kappa shape index (κ1) is 13.9. The predicted molar refractivity (Wildman–Crippen MR) is 76.4 cm³/mol. The van der Waals surface area contributed by atoms with E-state index in [0.29, 0.717) is 13.2 Å². The maximum atomic E-state index is 6.21. The number of benzene rings is 1. The molecule has 0 aliphatic heterocycles. The van der Waals surface area contributed by atoms with Crippen molar-refractivity contribution in [2.75, 3.05) is 6.54 Å². The molecule has 1 N–H and O–H groups in total. The minimum absolute atomic E-state index is 0.445. The van der Waals surface area contributed by atoms with Gasteiger partial charge in [-0.3, -0.25) is 4.68 Å². The maximum absolute atomic E-state index is 6.21. The molecule has 0 spiro atoms. The summed E-state index contributed by atoms with van der Waals surface area (Å²) >= 11 is 6.21. The Balaban J connectivity index is 2.08. The van der Waals surface area contributed by atoms with Gasteiger partial charge in [0.15, 0.2) is 0 Å². The van der Waals surface area contributed by atoms with Gasteiger partial charge in [0.2, 0.25) is 0 Å². The number of nitrogens with one attached hydrogen (secondary N) is 1. The summed E-state index contributed by atoms with van der Waals surface area (Å²) in [5.41, 5.74) is 1.89. The van der Waals surface area contributed by atoms with Crippen LogP contribution in [0.4, 0.5) is 0 Å². The topological polar surface area (TPSA) is 39.1 Å². The van der Waals surface area contributed by atoms with E-state index >= 15 is 0 Å². The van der Waals surface area contributed by atoms with Gasteiger partial charge in [0.25, 0.3) is 0 Å². The fraction of sp³-hybridized carbons (Fsp3) is 0.357. The molecule has 1 aromatic heterocycles. The molecule has 0 saturated carbocycles. The van der Waals surface area contributed by atoms with Crippen molar-refractivity contribution in [1.82, 2.24) is 15.1 Å². The molecule has 2 rings (SSSR count). The Bertz CT molecular complexity index is 539. The summed E-state index contributed by atoms with van der Waals surface area (Å²) in [6.45, 7) is 4.10. The van der Waals surface area contributed by atoms with E-state index in [0.717, 1.165) is 28.6 Å². The highest BCUT2D eigenvalue weighted by molar-refractivity contribution is 6.31. The van der Waals surface area contributed by atoms with E-state index in [1.165, 1.54) is 0 Å². The second-order valence-corrected chi connectivity index (χ2v) is 4.67. The van der Waals surface area contributed by atoms with Crippen LogP contribution < -0.4 is 10.1 Å². The number of nitrogens with zero attached hydrogens (tertiary/aromatic N) is 2. The summed E-state index contributed by atoms with van der Waals surface area (Å²) in [5, 5.41) is 8.27. The Labute approximate surface area is 118 Å². The summed E-state index contributed by atoms with van der Waals surface area (Å²) in [6, 6.07) is 7.64. The Morgan fingerprint density at radius 1 is 1.37 bits per heavy atom. The molecule has 19 heavy (non-hydrogen) atoms. The molecule has 0 amide bonds. The number of ether oxygens (including phenoxy) is 1. The lowest BCUT2D eigenvalue weighted by Crippen LogP contribution is -2.13. The zero-order chi connectivity index (χ0) is 13.7. The molecule has 0 radical (unpaired) electrons. The van der Waals surface area contributed by atoms with Gasteiger partial charge < -0.3 is 10.1 Å². The molecule has 5 heteroatoms. The van der Waals surface area contributed by atoms with Crippen LogP contribution in [0.2, 0.25) is 5.02 Å². The molecule has 0 aliphatic rings. The van der Waals surface area contributed by atoms with Crippen molar-refractivity contribution in [1.29, 1.82) is 0 Å². The van der Waals surface area contributed by atoms with E-state index in [2.05, 4.69) is 17.3 Å². The van der Waals surface area contributed by atoms with Crippen LogP contribution >= 0.6 is 11.6 Å². The predicted octanol–water partition coefficient (Wildman–Crippen LogP) is 2.76. The first-order chi connectivity index (χ1) is 9.20. The fourth-order valence-corrected chi connectivity index (χ4v) is 2.02. The summed E-state index contributed by atoms with van der Waals surface area (Å²) < 4.78 is 7.57. The van der Waals surface area contributed by atoms with Gasteiger partial charge in [0.05, 0.1) is 5.69 Å². The van der Waals surface area contributed by atoms with Crippen molar-refractivity contribution in [2.45, 2.75) is 20.1 Å². The number of hydrogen-bond acceptors (Lipinski definition) is 3. The minimum atomic E-state index is 0.445. The zero-order valence-corrected chi connectivity index (χ0v) is 11.9. The van der Waals surface area contributed by atoms with E-state index in [-0.39, 0.29) is 0 Å². The molecule has 1 heterocycles. The standard InChI is InChI=1S/C14H18ClN3O/c1-3-16-9-12-13(15)5-4-6-14(12)19-10-11-7-8-18(2)17-11/h4-8,16H,3,9-10H2,1-2H3. The third-order valence-corrected chi connectivity index (χ3v) is 3.13. The molecule has 2 aromatic rings.